The molecule has 0 radical (unpaired) electrons. The fraction of sp³-hybridized carbons (Fsp3) is 0.818. The van der Waals surface area contributed by atoms with Gasteiger partial charge in [-0.2, -0.15) is 0 Å². The Balaban J connectivity index is 4.81. The van der Waals surface area contributed by atoms with Crippen molar-refractivity contribution >= 4 is 58.3 Å². The van der Waals surface area contributed by atoms with Crippen molar-refractivity contribution in [3.63, 3.8) is 0 Å². The van der Waals surface area contributed by atoms with Crippen LogP contribution in [0.25, 0.3) is 0 Å². The van der Waals surface area contributed by atoms with Gasteiger partial charge in [0.15, 0.2) is 5.41 Å². The standard InChI is InChI=1S/C11H16Cl4O4/c1-3-11(4-2,9(16)18-5-7(12)13)10(17)19-6-8(14)15/h7-8H,3-6H2,1-2H3. The van der Waals surface area contributed by atoms with E-state index in [1.165, 1.54) is 0 Å². The molecule has 0 heterocycles. The molecule has 19 heavy (non-hydrogen) atoms. The van der Waals surface area contributed by atoms with Crippen LogP contribution >= 0.6 is 46.4 Å². The Hall–Kier alpha value is 0.1000. The van der Waals surface area contributed by atoms with Gasteiger partial charge in [-0.3, -0.25) is 9.59 Å². The first-order chi connectivity index (χ1) is 8.80. The molecule has 0 bridgehead atoms. The molecule has 0 saturated carbocycles. The van der Waals surface area contributed by atoms with Crippen molar-refractivity contribution in [1.29, 1.82) is 0 Å². The van der Waals surface area contributed by atoms with Crippen molar-refractivity contribution in [3.8, 4) is 0 Å². The summed E-state index contributed by atoms with van der Waals surface area (Å²) in [5.74, 6) is -1.43. The van der Waals surface area contributed by atoms with Gasteiger partial charge in [0.1, 0.15) is 22.9 Å². The highest BCUT2D eigenvalue weighted by Gasteiger charge is 2.46. The first-order valence-corrected chi connectivity index (χ1v) is 7.45. The van der Waals surface area contributed by atoms with Gasteiger partial charge < -0.3 is 9.47 Å². The predicted octanol–water partition coefficient (Wildman–Crippen LogP) is 3.49. The van der Waals surface area contributed by atoms with Crippen molar-refractivity contribution in [1.82, 2.24) is 0 Å². The summed E-state index contributed by atoms with van der Waals surface area (Å²) in [5, 5.41) is 0. The lowest BCUT2D eigenvalue weighted by Gasteiger charge is -2.27. The van der Waals surface area contributed by atoms with Gasteiger partial charge >= 0.3 is 11.9 Å². The summed E-state index contributed by atoms with van der Waals surface area (Å²) in [6.07, 6.45) is 0.456. The van der Waals surface area contributed by atoms with Crippen molar-refractivity contribution in [3.05, 3.63) is 0 Å². The topological polar surface area (TPSA) is 52.6 Å². The summed E-state index contributed by atoms with van der Waals surface area (Å²) < 4.78 is 9.82. The second kappa shape index (κ2) is 9.11. The number of rotatable bonds is 8. The Bertz CT molecular complexity index is 277. The molecule has 0 saturated heterocycles. The number of hydrogen-bond acceptors (Lipinski definition) is 4. The number of ether oxygens (including phenoxy) is 2. The SMILES string of the molecule is CCC(CC)(C(=O)OCC(Cl)Cl)C(=O)OCC(Cl)Cl. The summed E-state index contributed by atoms with van der Waals surface area (Å²) in [5.41, 5.74) is -1.38. The van der Waals surface area contributed by atoms with Gasteiger partial charge in [0, 0.05) is 0 Å². The molecule has 0 atom stereocenters. The van der Waals surface area contributed by atoms with Crippen molar-refractivity contribution in [2.75, 3.05) is 13.2 Å². The van der Waals surface area contributed by atoms with E-state index in [0.29, 0.717) is 0 Å². The number of carbonyl (C=O) groups excluding carboxylic acids is 2. The third-order valence-electron chi connectivity index (χ3n) is 2.67. The third kappa shape index (κ3) is 5.94. The molecule has 0 aromatic carbocycles. The van der Waals surface area contributed by atoms with Crippen LogP contribution in [0.4, 0.5) is 0 Å². The van der Waals surface area contributed by atoms with Gasteiger partial charge in [0.05, 0.1) is 0 Å². The van der Waals surface area contributed by atoms with E-state index in [1.54, 1.807) is 13.8 Å². The van der Waals surface area contributed by atoms with Crippen molar-refractivity contribution < 1.29 is 19.1 Å². The highest BCUT2D eigenvalue weighted by molar-refractivity contribution is 6.44. The maximum atomic E-state index is 12.0. The zero-order valence-electron chi connectivity index (χ0n) is 10.6. The molecular weight excluding hydrogens is 338 g/mol. The molecule has 0 aliphatic rings. The van der Waals surface area contributed by atoms with Crippen LogP contribution < -0.4 is 0 Å². The van der Waals surface area contributed by atoms with E-state index in [2.05, 4.69) is 0 Å². The number of carbonyl (C=O) groups is 2. The third-order valence-corrected chi connectivity index (χ3v) is 3.17. The first-order valence-electron chi connectivity index (χ1n) is 5.70. The minimum Gasteiger partial charge on any atom is -0.462 e. The lowest BCUT2D eigenvalue weighted by atomic mass is 9.82. The Labute approximate surface area is 132 Å². The smallest absolute Gasteiger partial charge is 0.323 e. The van der Waals surface area contributed by atoms with Crippen LogP contribution in [0.1, 0.15) is 26.7 Å². The number of alkyl halides is 4. The molecule has 4 nitrogen and oxygen atoms in total. The average molecular weight is 354 g/mol. The van der Waals surface area contributed by atoms with Crippen molar-refractivity contribution in [2.45, 2.75) is 36.4 Å². The maximum absolute atomic E-state index is 12.0. The lowest BCUT2D eigenvalue weighted by molar-refractivity contribution is -0.172. The Kier molecular flexibility index (Phi) is 9.16. The Morgan fingerprint density at radius 3 is 1.42 bits per heavy atom. The van der Waals surface area contributed by atoms with Crippen LogP contribution in [-0.2, 0) is 19.1 Å². The minimum absolute atomic E-state index is 0.190. The zero-order chi connectivity index (χ0) is 15.1. The molecule has 0 unspecified atom stereocenters. The highest BCUT2D eigenvalue weighted by atomic mass is 35.5. The van der Waals surface area contributed by atoms with E-state index in [4.69, 9.17) is 55.9 Å². The number of esters is 2. The first kappa shape index (κ1) is 19.1. The fourth-order valence-electron chi connectivity index (χ4n) is 1.46. The van der Waals surface area contributed by atoms with Gasteiger partial charge in [0.2, 0.25) is 0 Å². The van der Waals surface area contributed by atoms with E-state index in [1.807, 2.05) is 0 Å². The van der Waals surface area contributed by atoms with E-state index in [-0.39, 0.29) is 26.1 Å². The fourth-order valence-corrected chi connectivity index (χ4v) is 1.72. The van der Waals surface area contributed by atoms with Gasteiger partial charge in [-0.15, -0.1) is 46.4 Å². The number of halogens is 4. The van der Waals surface area contributed by atoms with E-state index in [0.717, 1.165) is 0 Å². The zero-order valence-corrected chi connectivity index (χ0v) is 13.7. The predicted molar refractivity (Wildman–Crippen MR) is 75.9 cm³/mol. The summed E-state index contributed by atoms with van der Waals surface area (Å²) in [6.45, 7) is 2.99. The maximum Gasteiger partial charge on any atom is 0.323 e. The average Bonchev–Trinajstić information content (AvgIpc) is 2.35. The molecule has 112 valence electrons. The van der Waals surface area contributed by atoms with Gasteiger partial charge in [-0.05, 0) is 12.8 Å². The quantitative estimate of drug-likeness (QED) is 0.381. The van der Waals surface area contributed by atoms with Crippen LogP contribution in [0.5, 0.6) is 0 Å². The summed E-state index contributed by atoms with van der Waals surface area (Å²) in [4.78, 5) is 22.3. The van der Waals surface area contributed by atoms with Crippen LogP contribution in [0.3, 0.4) is 0 Å². The van der Waals surface area contributed by atoms with Crippen LogP contribution in [0, 0.1) is 5.41 Å². The van der Waals surface area contributed by atoms with Crippen LogP contribution in [-0.4, -0.2) is 34.8 Å². The molecular formula is C11H16Cl4O4. The summed E-state index contributed by atoms with van der Waals surface area (Å²) >= 11 is 21.9. The van der Waals surface area contributed by atoms with E-state index in [9.17, 15) is 9.59 Å². The summed E-state index contributed by atoms with van der Waals surface area (Å²) in [6, 6.07) is 0. The van der Waals surface area contributed by atoms with Gasteiger partial charge in [-0.1, -0.05) is 13.8 Å². The van der Waals surface area contributed by atoms with Crippen LogP contribution in [0.2, 0.25) is 0 Å². The summed E-state index contributed by atoms with van der Waals surface area (Å²) in [7, 11) is 0. The second-order valence-electron chi connectivity index (χ2n) is 3.77. The van der Waals surface area contributed by atoms with E-state index < -0.39 is 27.0 Å². The molecule has 0 aromatic heterocycles. The molecule has 0 amide bonds. The molecule has 0 spiro atoms. The molecule has 0 aliphatic carbocycles. The molecule has 0 fully saturated rings. The number of hydrogen-bond donors (Lipinski definition) is 0. The largest absolute Gasteiger partial charge is 0.462 e. The Morgan fingerprint density at radius 1 is 0.895 bits per heavy atom. The normalized spacial score (nSPS) is 11.8. The van der Waals surface area contributed by atoms with Crippen LogP contribution in [0.15, 0.2) is 0 Å². The monoisotopic (exact) mass is 352 g/mol. The highest BCUT2D eigenvalue weighted by Crippen LogP contribution is 2.30. The van der Waals surface area contributed by atoms with E-state index >= 15 is 0 Å². The van der Waals surface area contributed by atoms with Crippen molar-refractivity contribution in [2.24, 2.45) is 5.41 Å². The molecule has 0 N–H and O–H groups in total. The Morgan fingerprint density at radius 2 is 1.21 bits per heavy atom. The molecule has 8 heteroatoms. The molecule has 0 aliphatic heterocycles. The lowest BCUT2D eigenvalue weighted by Crippen LogP contribution is -2.42. The van der Waals surface area contributed by atoms with Gasteiger partial charge in [0.25, 0.3) is 0 Å². The second-order valence-corrected chi connectivity index (χ2v) is 6.32. The minimum atomic E-state index is -1.38. The van der Waals surface area contributed by atoms with Gasteiger partial charge in [-0.25, -0.2) is 0 Å². The molecule has 0 rings (SSSR count). The molecule has 0 aromatic rings.